The van der Waals surface area contributed by atoms with Gasteiger partial charge < -0.3 is 14.8 Å². The normalized spacial score (nSPS) is 11.4. The van der Waals surface area contributed by atoms with E-state index in [2.05, 4.69) is 48.6 Å². The van der Waals surface area contributed by atoms with E-state index in [1.54, 1.807) is 14.2 Å². The standard InChI is InChI=1S/C19H25NO2.ClH/c1-15(20-12-11-16-7-5-4-6-8-16)13-17-9-10-18(21-2)19(14-17)22-3;/h4-10,14-15,20H,11-13H2,1-3H3;1H/t15-;/m1./s1. The first-order valence-electron chi connectivity index (χ1n) is 7.71. The first-order chi connectivity index (χ1) is 10.7. The van der Waals surface area contributed by atoms with Crippen LogP contribution in [0.3, 0.4) is 0 Å². The number of benzene rings is 2. The third-order valence-electron chi connectivity index (χ3n) is 3.74. The molecule has 0 unspecified atom stereocenters. The maximum absolute atomic E-state index is 5.35. The molecule has 0 aliphatic carbocycles. The Kier molecular flexibility index (Phi) is 8.52. The average molecular weight is 336 g/mol. The minimum absolute atomic E-state index is 0. The second-order valence-corrected chi connectivity index (χ2v) is 5.48. The fraction of sp³-hybridized carbons (Fsp3) is 0.368. The average Bonchev–Trinajstić information content (AvgIpc) is 2.55. The third-order valence-corrected chi connectivity index (χ3v) is 3.74. The van der Waals surface area contributed by atoms with Crippen LogP contribution in [0.2, 0.25) is 0 Å². The molecule has 0 aliphatic rings. The van der Waals surface area contributed by atoms with Crippen LogP contribution in [0.4, 0.5) is 0 Å². The molecule has 0 aliphatic heterocycles. The third kappa shape index (κ3) is 6.12. The highest BCUT2D eigenvalue weighted by Gasteiger charge is 2.07. The highest BCUT2D eigenvalue weighted by atomic mass is 35.5. The minimum atomic E-state index is 0. The van der Waals surface area contributed by atoms with Crippen LogP contribution in [0.5, 0.6) is 11.5 Å². The monoisotopic (exact) mass is 335 g/mol. The SMILES string of the molecule is COc1ccc(C[C@@H](C)NCCc2ccccc2)cc1OC.Cl. The maximum atomic E-state index is 5.35. The van der Waals surface area contributed by atoms with Crippen LogP contribution in [0.15, 0.2) is 48.5 Å². The van der Waals surface area contributed by atoms with Crippen molar-refractivity contribution in [3.8, 4) is 11.5 Å². The summed E-state index contributed by atoms with van der Waals surface area (Å²) in [6.45, 7) is 3.19. The second-order valence-electron chi connectivity index (χ2n) is 5.48. The van der Waals surface area contributed by atoms with Crippen LogP contribution < -0.4 is 14.8 Å². The fourth-order valence-electron chi connectivity index (χ4n) is 2.54. The summed E-state index contributed by atoms with van der Waals surface area (Å²) in [5, 5.41) is 3.57. The van der Waals surface area contributed by atoms with Gasteiger partial charge in [0.25, 0.3) is 0 Å². The van der Waals surface area contributed by atoms with Gasteiger partial charge in [-0.1, -0.05) is 36.4 Å². The first-order valence-corrected chi connectivity index (χ1v) is 7.71. The highest BCUT2D eigenvalue weighted by Crippen LogP contribution is 2.27. The molecule has 2 rings (SSSR count). The summed E-state index contributed by atoms with van der Waals surface area (Å²) in [6, 6.07) is 17.1. The molecule has 0 saturated carbocycles. The lowest BCUT2D eigenvalue weighted by molar-refractivity contribution is 0.354. The number of ether oxygens (including phenoxy) is 2. The molecule has 0 bridgehead atoms. The number of halogens is 1. The predicted molar refractivity (Wildman–Crippen MR) is 98.1 cm³/mol. The summed E-state index contributed by atoms with van der Waals surface area (Å²) in [6.07, 6.45) is 2.02. The fourth-order valence-corrected chi connectivity index (χ4v) is 2.54. The molecule has 0 radical (unpaired) electrons. The largest absolute Gasteiger partial charge is 0.493 e. The molecule has 1 N–H and O–H groups in total. The summed E-state index contributed by atoms with van der Waals surface area (Å²) in [5.74, 6) is 1.56. The van der Waals surface area contributed by atoms with Crippen molar-refractivity contribution in [2.45, 2.75) is 25.8 Å². The molecule has 1 atom stereocenters. The summed E-state index contributed by atoms with van der Waals surface area (Å²) < 4.78 is 10.6. The molecule has 2 aromatic rings. The van der Waals surface area contributed by atoms with E-state index in [0.29, 0.717) is 6.04 Å². The Morgan fingerprint density at radius 1 is 0.913 bits per heavy atom. The van der Waals surface area contributed by atoms with Crippen molar-refractivity contribution < 1.29 is 9.47 Å². The number of hydrogen-bond acceptors (Lipinski definition) is 3. The van der Waals surface area contributed by atoms with Crippen LogP contribution >= 0.6 is 12.4 Å². The molecule has 0 saturated heterocycles. The number of hydrogen-bond donors (Lipinski definition) is 1. The van der Waals surface area contributed by atoms with Gasteiger partial charge in [-0.05, 0) is 49.6 Å². The number of nitrogens with one attached hydrogen (secondary N) is 1. The van der Waals surface area contributed by atoms with Gasteiger partial charge in [-0.15, -0.1) is 12.4 Å². The first kappa shape index (κ1) is 19.3. The van der Waals surface area contributed by atoms with Gasteiger partial charge in [0.2, 0.25) is 0 Å². The van der Waals surface area contributed by atoms with Crippen molar-refractivity contribution in [2.75, 3.05) is 20.8 Å². The minimum Gasteiger partial charge on any atom is -0.493 e. The molecule has 0 fully saturated rings. The lowest BCUT2D eigenvalue weighted by Gasteiger charge is -2.15. The van der Waals surface area contributed by atoms with Gasteiger partial charge in [-0.25, -0.2) is 0 Å². The van der Waals surface area contributed by atoms with Crippen molar-refractivity contribution >= 4 is 12.4 Å². The summed E-state index contributed by atoms with van der Waals surface area (Å²) in [4.78, 5) is 0. The van der Waals surface area contributed by atoms with Gasteiger partial charge in [-0.3, -0.25) is 0 Å². The molecule has 126 valence electrons. The van der Waals surface area contributed by atoms with E-state index in [9.17, 15) is 0 Å². The van der Waals surface area contributed by atoms with Gasteiger partial charge in [0.15, 0.2) is 11.5 Å². The zero-order valence-corrected chi connectivity index (χ0v) is 14.9. The molecule has 0 amide bonds. The van der Waals surface area contributed by atoms with E-state index in [4.69, 9.17) is 9.47 Å². The van der Waals surface area contributed by atoms with Crippen LogP contribution in [0.1, 0.15) is 18.1 Å². The van der Waals surface area contributed by atoms with Crippen LogP contribution in [0, 0.1) is 0 Å². The quantitative estimate of drug-likeness (QED) is 0.794. The Morgan fingerprint density at radius 2 is 1.61 bits per heavy atom. The molecular weight excluding hydrogens is 310 g/mol. The Labute approximate surface area is 145 Å². The van der Waals surface area contributed by atoms with E-state index in [1.165, 1.54) is 11.1 Å². The van der Waals surface area contributed by atoms with Gasteiger partial charge in [-0.2, -0.15) is 0 Å². The van der Waals surface area contributed by atoms with Gasteiger partial charge in [0.05, 0.1) is 14.2 Å². The molecule has 0 heterocycles. The Morgan fingerprint density at radius 3 is 2.26 bits per heavy atom. The molecule has 2 aromatic carbocycles. The van der Waals surface area contributed by atoms with E-state index in [1.807, 2.05) is 12.1 Å². The van der Waals surface area contributed by atoms with Crippen LogP contribution in [-0.4, -0.2) is 26.8 Å². The molecule has 0 spiro atoms. The lowest BCUT2D eigenvalue weighted by Crippen LogP contribution is -2.29. The Balaban J connectivity index is 0.00000264. The maximum Gasteiger partial charge on any atom is 0.160 e. The zero-order valence-electron chi connectivity index (χ0n) is 14.0. The summed E-state index contributed by atoms with van der Waals surface area (Å²) in [7, 11) is 3.33. The number of rotatable bonds is 8. The molecule has 4 heteroatoms. The smallest absolute Gasteiger partial charge is 0.160 e. The van der Waals surface area contributed by atoms with E-state index < -0.39 is 0 Å². The topological polar surface area (TPSA) is 30.5 Å². The van der Waals surface area contributed by atoms with Crippen molar-refractivity contribution in [1.82, 2.24) is 5.32 Å². The molecule has 23 heavy (non-hydrogen) atoms. The van der Waals surface area contributed by atoms with Crippen molar-refractivity contribution in [2.24, 2.45) is 0 Å². The second kappa shape index (κ2) is 10.1. The van der Waals surface area contributed by atoms with Crippen LogP contribution in [0.25, 0.3) is 0 Å². The van der Waals surface area contributed by atoms with Gasteiger partial charge >= 0.3 is 0 Å². The van der Waals surface area contributed by atoms with Crippen molar-refractivity contribution in [3.63, 3.8) is 0 Å². The molecular formula is C19H26ClNO2. The van der Waals surface area contributed by atoms with E-state index >= 15 is 0 Å². The summed E-state index contributed by atoms with van der Waals surface area (Å²) >= 11 is 0. The van der Waals surface area contributed by atoms with Crippen LogP contribution in [-0.2, 0) is 12.8 Å². The lowest BCUT2D eigenvalue weighted by atomic mass is 10.1. The van der Waals surface area contributed by atoms with Gasteiger partial charge in [0.1, 0.15) is 0 Å². The molecule has 0 aromatic heterocycles. The molecule has 3 nitrogen and oxygen atoms in total. The Bertz CT molecular complexity index is 575. The predicted octanol–water partition coefficient (Wildman–Crippen LogP) is 3.89. The Hall–Kier alpha value is -1.71. The van der Waals surface area contributed by atoms with E-state index in [-0.39, 0.29) is 12.4 Å². The number of methoxy groups -OCH3 is 2. The zero-order chi connectivity index (χ0) is 15.8. The van der Waals surface area contributed by atoms with E-state index in [0.717, 1.165) is 30.9 Å². The van der Waals surface area contributed by atoms with Crippen molar-refractivity contribution in [3.05, 3.63) is 59.7 Å². The highest BCUT2D eigenvalue weighted by molar-refractivity contribution is 5.85. The van der Waals surface area contributed by atoms with Gasteiger partial charge in [0, 0.05) is 6.04 Å². The summed E-state index contributed by atoms with van der Waals surface area (Å²) in [5.41, 5.74) is 2.62. The van der Waals surface area contributed by atoms with Crippen molar-refractivity contribution in [1.29, 1.82) is 0 Å².